The Morgan fingerprint density at radius 2 is 1.93 bits per heavy atom. The lowest BCUT2D eigenvalue weighted by molar-refractivity contribution is -0.198. The molecule has 4 atom stereocenters. The summed E-state index contributed by atoms with van der Waals surface area (Å²) in [7, 11) is 1.11. The number of hydrogen-bond acceptors (Lipinski definition) is 4. The third-order valence-corrected chi connectivity index (χ3v) is 5.22. The number of rotatable bonds is 6. The van der Waals surface area contributed by atoms with E-state index in [2.05, 4.69) is 16.8 Å². The molecule has 0 saturated heterocycles. The van der Waals surface area contributed by atoms with Crippen LogP contribution in [0, 0.1) is 43.6 Å². The van der Waals surface area contributed by atoms with Crippen molar-refractivity contribution in [3.05, 3.63) is 34.9 Å². The molecule has 0 aliphatic heterocycles. The summed E-state index contributed by atoms with van der Waals surface area (Å²) in [6, 6.07) is 5.75. The molecule has 0 radical (unpaired) electrons. The van der Waals surface area contributed by atoms with Gasteiger partial charge >= 0.3 is 12.1 Å². The van der Waals surface area contributed by atoms with Gasteiger partial charge in [0.25, 0.3) is 0 Å². The van der Waals surface area contributed by atoms with Gasteiger partial charge in [0.2, 0.25) is 0 Å². The molecule has 1 aromatic rings. The highest BCUT2D eigenvalue weighted by molar-refractivity contribution is 5.88. The highest BCUT2D eigenvalue weighted by atomic mass is 19.4. The summed E-state index contributed by atoms with van der Waals surface area (Å²) in [6.07, 6.45) is -3.51. The molecule has 0 heterocycles. The van der Waals surface area contributed by atoms with E-state index in [4.69, 9.17) is 9.84 Å². The van der Waals surface area contributed by atoms with Gasteiger partial charge < -0.3 is 14.6 Å². The number of ether oxygens (including phenoxy) is 2. The molecule has 2 rings (SSSR count). The summed E-state index contributed by atoms with van der Waals surface area (Å²) in [4.78, 5) is 23.1. The number of carboxylic acid groups (broad SMARTS) is 1. The summed E-state index contributed by atoms with van der Waals surface area (Å²) >= 11 is 0. The van der Waals surface area contributed by atoms with Gasteiger partial charge in [0.15, 0.2) is 12.4 Å². The minimum atomic E-state index is -4.76. The Labute approximate surface area is 167 Å². The number of hydrogen-bond donors (Lipinski definition) is 1. The standard InChI is InChI=1S/C21H23F3O5/c1-12-4-5-14(10-13(12)2)6-7-15-16(8-9-29-11-17(25)26)20(28-3)18(19(15)27)21(22,23)24/h4-5,10,15-16,18,20H,6-7,11H2,1-3H3,(H,25,26)/t15-,16?,18?,20?/m1/s1. The predicted molar refractivity (Wildman–Crippen MR) is 97.9 cm³/mol. The Bertz CT molecular complexity index is 822. The van der Waals surface area contributed by atoms with Crippen LogP contribution in [-0.2, 0) is 25.5 Å². The van der Waals surface area contributed by atoms with Gasteiger partial charge in [0.1, 0.15) is 12.0 Å². The number of carbonyl (C=O) groups is 2. The van der Waals surface area contributed by atoms with E-state index in [1.807, 2.05) is 32.0 Å². The van der Waals surface area contributed by atoms with Crippen molar-refractivity contribution in [2.45, 2.75) is 39.0 Å². The topological polar surface area (TPSA) is 72.8 Å². The largest absolute Gasteiger partial charge is 0.479 e. The van der Waals surface area contributed by atoms with Crippen LogP contribution in [0.1, 0.15) is 23.1 Å². The van der Waals surface area contributed by atoms with E-state index in [0.29, 0.717) is 6.42 Å². The fourth-order valence-electron chi connectivity index (χ4n) is 3.63. The molecule has 5 nitrogen and oxygen atoms in total. The summed E-state index contributed by atoms with van der Waals surface area (Å²) < 4.78 is 50.1. The molecule has 1 aliphatic rings. The molecule has 0 aromatic heterocycles. The number of benzene rings is 1. The average molecular weight is 412 g/mol. The second kappa shape index (κ2) is 9.31. The minimum absolute atomic E-state index is 0.173. The fraction of sp³-hybridized carbons (Fsp3) is 0.524. The number of aliphatic carboxylic acids is 1. The molecule has 1 saturated carbocycles. The number of carbonyl (C=O) groups excluding carboxylic acids is 1. The van der Waals surface area contributed by atoms with E-state index in [-0.39, 0.29) is 6.42 Å². The first-order valence-corrected chi connectivity index (χ1v) is 9.09. The highest BCUT2D eigenvalue weighted by Crippen LogP contribution is 2.45. The van der Waals surface area contributed by atoms with Crippen LogP contribution in [0.25, 0.3) is 0 Å². The first-order chi connectivity index (χ1) is 13.6. The third kappa shape index (κ3) is 5.51. The maximum absolute atomic E-state index is 13.5. The molecule has 8 heteroatoms. The van der Waals surface area contributed by atoms with Gasteiger partial charge in [-0.1, -0.05) is 24.1 Å². The molecule has 0 bridgehead atoms. The molecule has 1 aliphatic carbocycles. The molecule has 0 amide bonds. The van der Waals surface area contributed by atoms with Crippen molar-refractivity contribution in [1.29, 1.82) is 0 Å². The van der Waals surface area contributed by atoms with Crippen LogP contribution >= 0.6 is 0 Å². The van der Waals surface area contributed by atoms with Crippen LogP contribution < -0.4 is 0 Å². The van der Waals surface area contributed by atoms with Gasteiger partial charge in [0.05, 0.1) is 12.0 Å². The van der Waals surface area contributed by atoms with E-state index in [0.717, 1.165) is 23.8 Å². The molecule has 3 unspecified atom stereocenters. The smallest absolute Gasteiger partial charge is 0.401 e. The van der Waals surface area contributed by atoms with E-state index in [1.165, 1.54) is 0 Å². The summed E-state index contributed by atoms with van der Waals surface area (Å²) in [5.41, 5.74) is 3.07. The third-order valence-electron chi connectivity index (χ3n) is 5.22. The maximum Gasteiger partial charge on any atom is 0.401 e. The second-order valence-corrected chi connectivity index (χ2v) is 7.14. The number of ketones is 1. The van der Waals surface area contributed by atoms with Gasteiger partial charge in [0, 0.05) is 13.0 Å². The lowest BCUT2D eigenvalue weighted by atomic mass is 9.88. The molecule has 1 N–H and O–H groups in total. The van der Waals surface area contributed by atoms with Crippen molar-refractivity contribution in [2.75, 3.05) is 13.7 Å². The van der Waals surface area contributed by atoms with Gasteiger partial charge in [-0.3, -0.25) is 4.79 Å². The van der Waals surface area contributed by atoms with Gasteiger partial charge in [-0.2, -0.15) is 13.2 Å². The first kappa shape index (κ1) is 22.8. The fourth-order valence-corrected chi connectivity index (χ4v) is 3.63. The number of halogens is 3. The van der Waals surface area contributed by atoms with Crippen LogP contribution in [0.5, 0.6) is 0 Å². The van der Waals surface area contributed by atoms with Crippen molar-refractivity contribution in [2.24, 2.45) is 17.8 Å². The molecule has 158 valence electrons. The minimum Gasteiger partial charge on any atom is -0.479 e. The predicted octanol–water partition coefficient (Wildman–Crippen LogP) is 3.31. The molecule has 29 heavy (non-hydrogen) atoms. The monoisotopic (exact) mass is 412 g/mol. The van der Waals surface area contributed by atoms with E-state index >= 15 is 0 Å². The normalized spacial score (nSPS) is 24.1. The summed E-state index contributed by atoms with van der Waals surface area (Å²) in [6.45, 7) is 3.19. The zero-order chi connectivity index (χ0) is 21.8. The van der Waals surface area contributed by atoms with Crippen molar-refractivity contribution in [3.63, 3.8) is 0 Å². The summed E-state index contributed by atoms with van der Waals surface area (Å²) in [5.74, 6) is -4.02. The van der Waals surface area contributed by atoms with Crippen molar-refractivity contribution < 1.29 is 37.3 Å². The quantitative estimate of drug-likeness (QED) is 0.726. The SMILES string of the molecule is COC1C(C#COCC(=O)O)[C@@H](CCc2ccc(C)c(C)c2)C(=O)C1C(F)(F)F. The maximum atomic E-state index is 13.5. The van der Waals surface area contributed by atoms with Gasteiger partial charge in [-0.05, 0) is 43.4 Å². The number of methoxy groups -OCH3 is 1. The molecule has 0 spiro atoms. The Hall–Kier alpha value is -2.53. The first-order valence-electron chi connectivity index (χ1n) is 9.09. The van der Waals surface area contributed by atoms with Gasteiger partial charge in [-0.15, -0.1) is 0 Å². The highest BCUT2D eigenvalue weighted by Gasteiger charge is 2.60. The van der Waals surface area contributed by atoms with Crippen LogP contribution in [0.15, 0.2) is 18.2 Å². The molecule has 1 fully saturated rings. The van der Waals surface area contributed by atoms with Crippen LogP contribution in [0.4, 0.5) is 13.2 Å². The Morgan fingerprint density at radius 1 is 1.24 bits per heavy atom. The Kier molecular flexibility index (Phi) is 7.31. The number of alkyl halides is 3. The van der Waals surface area contributed by atoms with Crippen LogP contribution in [0.2, 0.25) is 0 Å². The number of Topliss-reactive ketones (excluding diaryl/α,β-unsaturated/α-hetero) is 1. The van der Waals surface area contributed by atoms with Crippen molar-refractivity contribution >= 4 is 11.8 Å². The Morgan fingerprint density at radius 3 is 2.48 bits per heavy atom. The number of carboxylic acids is 1. The van der Waals surface area contributed by atoms with E-state index in [1.54, 1.807) is 0 Å². The summed E-state index contributed by atoms with van der Waals surface area (Å²) in [5, 5.41) is 8.58. The molecular formula is C21H23F3O5. The van der Waals surface area contributed by atoms with Crippen LogP contribution in [0.3, 0.4) is 0 Å². The Balaban J connectivity index is 2.26. The lowest BCUT2D eigenvalue weighted by Crippen LogP contribution is -2.37. The molecular weight excluding hydrogens is 389 g/mol. The van der Waals surface area contributed by atoms with E-state index < -0.39 is 48.4 Å². The average Bonchev–Trinajstić information content (AvgIpc) is 2.90. The van der Waals surface area contributed by atoms with Crippen LogP contribution in [-0.4, -0.2) is 42.9 Å². The molecule has 1 aromatic carbocycles. The van der Waals surface area contributed by atoms with E-state index in [9.17, 15) is 22.8 Å². The number of aryl methyl sites for hydroxylation is 3. The van der Waals surface area contributed by atoms with Crippen molar-refractivity contribution in [3.8, 4) is 12.0 Å². The van der Waals surface area contributed by atoms with Gasteiger partial charge in [-0.25, -0.2) is 4.79 Å². The zero-order valence-corrected chi connectivity index (χ0v) is 16.4. The van der Waals surface area contributed by atoms with Crippen molar-refractivity contribution in [1.82, 2.24) is 0 Å². The lowest BCUT2D eigenvalue weighted by Gasteiger charge is -2.21. The second-order valence-electron chi connectivity index (χ2n) is 7.14. The zero-order valence-electron chi connectivity index (χ0n) is 16.4.